The van der Waals surface area contributed by atoms with Crippen molar-refractivity contribution in [2.75, 3.05) is 0 Å². The lowest BCUT2D eigenvalue weighted by molar-refractivity contribution is -0.159. The third-order valence-electron chi connectivity index (χ3n) is 6.24. The van der Waals surface area contributed by atoms with Crippen molar-refractivity contribution in [2.24, 2.45) is 23.7 Å². The van der Waals surface area contributed by atoms with Crippen LogP contribution in [0.1, 0.15) is 56.0 Å². The molecule has 2 aromatic rings. The Balaban J connectivity index is 1.83. The summed E-state index contributed by atoms with van der Waals surface area (Å²) in [6, 6.07) is 16.8. The Kier molecular flexibility index (Phi) is 7.87. The molecule has 1 fully saturated rings. The molecule has 2 aromatic carbocycles. The summed E-state index contributed by atoms with van der Waals surface area (Å²) < 4.78 is 7.04. The van der Waals surface area contributed by atoms with Crippen LogP contribution < -0.4 is 0 Å². The summed E-state index contributed by atoms with van der Waals surface area (Å²) in [7, 11) is 0. The summed E-state index contributed by atoms with van der Waals surface area (Å²) in [5.74, 6) is -0.0634. The van der Waals surface area contributed by atoms with Crippen molar-refractivity contribution in [3.8, 4) is 0 Å². The van der Waals surface area contributed by atoms with Crippen LogP contribution in [0, 0.1) is 23.7 Å². The van der Waals surface area contributed by atoms with Gasteiger partial charge in [0.25, 0.3) is 0 Å². The van der Waals surface area contributed by atoms with E-state index in [-0.39, 0.29) is 11.9 Å². The van der Waals surface area contributed by atoms with Crippen molar-refractivity contribution in [3.05, 3.63) is 70.2 Å². The van der Waals surface area contributed by atoms with E-state index in [1.165, 1.54) is 6.42 Å². The number of halogens is 1. The maximum Gasteiger partial charge on any atom is 0.317 e. The van der Waals surface area contributed by atoms with Gasteiger partial charge in [0.15, 0.2) is 5.78 Å². The minimum atomic E-state index is -0.835. The molecule has 4 heteroatoms. The number of ether oxygens (including phenoxy) is 1. The van der Waals surface area contributed by atoms with Gasteiger partial charge in [0, 0.05) is 10.0 Å². The topological polar surface area (TPSA) is 43.4 Å². The summed E-state index contributed by atoms with van der Waals surface area (Å²) in [5.41, 5.74) is 1.50. The molecule has 1 saturated carbocycles. The first-order chi connectivity index (χ1) is 14.3. The molecule has 4 atom stereocenters. The van der Waals surface area contributed by atoms with Gasteiger partial charge in [0.1, 0.15) is 12.0 Å². The van der Waals surface area contributed by atoms with E-state index in [9.17, 15) is 9.59 Å². The number of rotatable bonds is 7. The van der Waals surface area contributed by atoms with E-state index in [1.807, 2.05) is 42.5 Å². The Hall–Kier alpha value is -1.94. The molecule has 160 valence electrons. The minimum Gasteiger partial charge on any atom is -0.461 e. The van der Waals surface area contributed by atoms with E-state index < -0.39 is 11.9 Å². The summed E-state index contributed by atoms with van der Waals surface area (Å²) in [6.45, 7) is 6.59. The van der Waals surface area contributed by atoms with Crippen LogP contribution in [0.15, 0.2) is 59.1 Å². The molecular formula is C26H31BrO3. The van der Waals surface area contributed by atoms with Gasteiger partial charge >= 0.3 is 5.97 Å². The largest absolute Gasteiger partial charge is 0.461 e. The number of hydrogen-bond acceptors (Lipinski definition) is 3. The lowest BCUT2D eigenvalue weighted by atomic mass is 9.75. The predicted octanol–water partition coefficient (Wildman–Crippen LogP) is 6.49. The first kappa shape index (κ1) is 22.7. The highest BCUT2D eigenvalue weighted by atomic mass is 79.9. The van der Waals surface area contributed by atoms with Crippen molar-refractivity contribution in [3.63, 3.8) is 0 Å². The second kappa shape index (κ2) is 10.4. The lowest BCUT2D eigenvalue weighted by Gasteiger charge is -2.37. The highest BCUT2D eigenvalue weighted by molar-refractivity contribution is 9.10. The maximum atomic E-state index is 13.3. The third kappa shape index (κ3) is 5.81. The van der Waals surface area contributed by atoms with Crippen LogP contribution in [0.5, 0.6) is 0 Å². The average Bonchev–Trinajstić information content (AvgIpc) is 2.73. The lowest BCUT2D eigenvalue weighted by Crippen LogP contribution is -2.39. The van der Waals surface area contributed by atoms with Crippen LogP contribution >= 0.6 is 15.9 Å². The zero-order valence-electron chi connectivity index (χ0n) is 18.0. The highest BCUT2D eigenvalue weighted by Crippen LogP contribution is 2.36. The molecule has 1 aliphatic rings. The Morgan fingerprint density at radius 2 is 1.70 bits per heavy atom. The number of Topliss-reactive ketones (excluding diaryl/α,β-unsaturated/α-hetero) is 1. The zero-order valence-corrected chi connectivity index (χ0v) is 19.6. The molecule has 3 rings (SSSR count). The molecule has 1 aliphatic carbocycles. The Bertz CT molecular complexity index is 844. The van der Waals surface area contributed by atoms with Crippen LogP contribution in [-0.4, -0.2) is 17.9 Å². The van der Waals surface area contributed by atoms with Crippen LogP contribution in [0.2, 0.25) is 0 Å². The number of hydrogen-bond donors (Lipinski definition) is 0. The van der Waals surface area contributed by atoms with Crippen molar-refractivity contribution >= 4 is 27.7 Å². The molecule has 3 nitrogen and oxygen atoms in total. The molecule has 0 aliphatic heterocycles. The van der Waals surface area contributed by atoms with Crippen LogP contribution in [0.3, 0.4) is 0 Å². The molecule has 0 unspecified atom stereocenters. The molecule has 0 bridgehead atoms. The minimum absolute atomic E-state index is 0.114. The van der Waals surface area contributed by atoms with Crippen molar-refractivity contribution in [1.82, 2.24) is 0 Å². The maximum absolute atomic E-state index is 13.3. The fourth-order valence-electron chi connectivity index (χ4n) is 4.42. The molecule has 0 spiro atoms. The smallest absolute Gasteiger partial charge is 0.317 e. The second-order valence-corrected chi connectivity index (χ2v) is 9.83. The highest BCUT2D eigenvalue weighted by Gasteiger charge is 2.37. The molecule has 0 radical (unpaired) electrons. The molecule has 30 heavy (non-hydrogen) atoms. The van der Waals surface area contributed by atoms with E-state index in [4.69, 9.17) is 4.74 Å². The zero-order chi connectivity index (χ0) is 21.7. The van der Waals surface area contributed by atoms with E-state index in [1.54, 1.807) is 12.1 Å². The average molecular weight is 471 g/mol. The predicted molar refractivity (Wildman–Crippen MR) is 123 cm³/mol. The van der Waals surface area contributed by atoms with Gasteiger partial charge in [0.05, 0.1) is 0 Å². The van der Waals surface area contributed by atoms with E-state index in [0.29, 0.717) is 29.7 Å². The number of benzene rings is 2. The Morgan fingerprint density at radius 3 is 2.33 bits per heavy atom. The second-order valence-electron chi connectivity index (χ2n) is 8.91. The van der Waals surface area contributed by atoms with Gasteiger partial charge < -0.3 is 4.74 Å². The van der Waals surface area contributed by atoms with Crippen molar-refractivity contribution < 1.29 is 14.3 Å². The van der Waals surface area contributed by atoms with E-state index in [2.05, 4.69) is 36.7 Å². The Labute approximate surface area is 188 Å². The molecule has 0 saturated heterocycles. The number of ketones is 1. The first-order valence-corrected chi connectivity index (χ1v) is 11.7. The number of carbonyl (C=O) groups excluding carboxylic acids is 2. The molecule has 0 amide bonds. The standard InChI is InChI=1S/C26H31BrO3/c1-17(2)22-14-9-18(3)15-24(22)30-26(29)23(16-19-10-12-21(27)13-11-19)25(28)20-7-5-4-6-8-20/h4-8,10-13,17-18,22-24H,9,14-16H2,1-3H3/t18-,22+,23+,24-/m1/s1. The van der Waals surface area contributed by atoms with Gasteiger partial charge in [-0.05, 0) is 54.7 Å². The SMILES string of the molecule is CC(C)[C@@H]1CC[C@@H](C)C[C@H]1OC(=O)[C@@H](Cc1ccc(Br)cc1)C(=O)c1ccccc1. The first-order valence-electron chi connectivity index (χ1n) is 10.9. The summed E-state index contributed by atoms with van der Waals surface area (Å²) in [6.07, 6.45) is 3.34. The molecule has 0 heterocycles. The molecule has 0 aromatic heterocycles. The summed E-state index contributed by atoms with van der Waals surface area (Å²) in [5, 5.41) is 0. The summed E-state index contributed by atoms with van der Waals surface area (Å²) in [4.78, 5) is 26.6. The van der Waals surface area contributed by atoms with Gasteiger partial charge in [-0.1, -0.05) is 85.6 Å². The molecular weight excluding hydrogens is 440 g/mol. The van der Waals surface area contributed by atoms with Gasteiger partial charge in [-0.15, -0.1) is 0 Å². The third-order valence-corrected chi connectivity index (χ3v) is 6.77. The van der Waals surface area contributed by atoms with Crippen LogP contribution in [0.25, 0.3) is 0 Å². The summed E-state index contributed by atoms with van der Waals surface area (Å²) >= 11 is 3.44. The van der Waals surface area contributed by atoms with Gasteiger partial charge in [-0.3, -0.25) is 9.59 Å². The quantitative estimate of drug-likeness (QED) is 0.263. The van der Waals surface area contributed by atoms with Gasteiger partial charge in [-0.25, -0.2) is 0 Å². The van der Waals surface area contributed by atoms with Gasteiger partial charge in [0.2, 0.25) is 0 Å². The van der Waals surface area contributed by atoms with Gasteiger partial charge in [-0.2, -0.15) is 0 Å². The van der Waals surface area contributed by atoms with Crippen LogP contribution in [0.4, 0.5) is 0 Å². The fraction of sp³-hybridized carbons (Fsp3) is 0.462. The molecule has 0 N–H and O–H groups in total. The monoisotopic (exact) mass is 470 g/mol. The number of carbonyl (C=O) groups is 2. The van der Waals surface area contributed by atoms with E-state index >= 15 is 0 Å². The Morgan fingerprint density at radius 1 is 1.03 bits per heavy atom. The van der Waals surface area contributed by atoms with Crippen LogP contribution in [-0.2, 0) is 16.0 Å². The fourth-order valence-corrected chi connectivity index (χ4v) is 4.69. The van der Waals surface area contributed by atoms with E-state index in [0.717, 1.165) is 22.9 Å². The normalized spacial score (nSPS) is 22.5. The number of esters is 1. The van der Waals surface area contributed by atoms with Crippen molar-refractivity contribution in [2.45, 2.75) is 52.6 Å². The van der Waals surface area contributed by atoms with Crippen molar-refractivity contribution in [1.29, 1.82) is 0 Å².